The van der Waals surface area contributed by atoms with Crippen LogP contribution in [-0.2, 0) is 4.79 Å². The van der Waals surface area contributed by atoms with Gasteiger partial charge in [0.15, 0.2) is 0 Å². The largest absolute Gasteiger partial charge is 0.481 e. The van der Waals surface area contributed by atoms with E-state index in [0.717, 1.165) is 50.7 Å². The molecule has 0 aromatic carbocycles. The molecule has 0 spiro atoms. The van der Waals surface area contributed by atoms with E-state index in [1.54, 1.807) is 0 Å². The van der Waals surface area contributed by atoms with Gasteiger partial charge < -0.3 is 15.4 Å². The van der Waals surface area contributed by atoms with Crippen molar-refractivity contribution in [1.29, 1.82) is 0 Å². The van der Waals surface area contributed by atoms with E-state index >= 15 is 0 Å². The van der Waals surface area contributed by atoms with E-state index in [0.29, 0.717) is 24.2 Å². The maximum atomic E-state index is 11.8. The predicted octanol–water partition coefficient (Wildman–Crippen LogP) is 3.53. The van der Waals surface area contributed by atoms with Crippen LogP contribution >= 0.6 is 0 Å². The number of aliphatic hydroxyl groups is 1. The highest BCUT2D eigenvalue weighted by molar-refractivity contribution is 5.90. The highest BCUT2D eigenvalue weighted by atomic mass is 16.4. The Balaban J connectivity index is 1.72. The Bertz CT molecular complexity index is 605. The Morgan fingerprint density at radius 1 is 1.12 bits per heavy atom. The van der Waals surface area contributed by atoms with Gasteiger partial charge >= 0.3 is 5.97 Å². The molecule has 4 aliphatic rings. The average Bonchev–Trinajstić information content (AvgIpc) is 2.91. The molecule has 5 heteroatoms. The van der Waals surface area contributed by atoms with Crippen LogP contribution in [0.4, 0.5) is 0 Å². The first-order chi connectivity index (χ1) is 11.8. The van der Waals surface area contributed by atoms with Crippen molar-refractivity contribution >= 4 is 11.7 Å². The normalized spacial score (nSPS) is 53.8. The smallest absolute Gasteiger partial charge is 0.307 e. The highest BCUT2D eigenvalue weighted by Gasteiger charge is 2.63. The molecule has 4 fully saturated rings. The molecule has 140 valence electrons. The van der Waals surface area contributed by atoms with Gasteiger partial charge in [-0.25, -0.2) is 0 Å². The van der Waals surface area contributed by atoms with E-state index in [1.807, 2.05) is 0 Å². The molecule has 0 heterocycles. The molecule has 4 saturated carbocycles. The summed E-state index contributed by atoms with van der Waals surface area (Å²) in [4.78, 5) is 11.8. The van der Waals surface area contributed by atoms with Crippen molar-refractivity contribution in [2.75, 3.05) is 0 Å². The van der Waals surface area contributed by atoms with Crippen LogP contribution in [0.2, 0.25) is 0 Å². The Kier molecular flexibility index (Phi) is 3.95. The fourth-order valence-electron chi connectivity index (χ4n) is 7.59. The molecule has 0 radical (unpaired) electrons. The van der Waals surface area contributed by atoms with Crippen molar-refractivity contribution in [3.8, 4) is 0 Å². The minimum absolute atomic E-state index is 0.0757. The van der Waals surface area contributed by atoms with Crippen LogP contribution in [0.15, 0.2) is 5.16 Å². The molecule has 4 rings (SSSR count). The molecule has 8 atom stereocenters. The molecule has 0 bridgehead atoms. The lowest BCUT2D eigenvalue weighted by Gasteiger charge is -2.60. The van der Waals surface area contributed by atoms with Gasteiger partial charge in [0.1, 0.15) is 0 Å². The second-order valence-corrected chi connectivity index (χ2v) is 9.70. The van der Waals surface area contributed by atoms with Crippen LogP contribution in [0, 0.1) is 40.4 Å². The fourth-order valence-corrected chi connectivity index (χ4v) is 7.59. The molecule has 0 aromatic heterocycles. The first-order valence-corrected chi connectivity index (χ1v) is 9.93. The molecule has 25 heavy (non-hydrogen) atoms. The van der Waals surface area contributed by atoms with Gasteiger partial charge in [0, 0.05) is 5.92 Å². The summed E-state index contributed by atoms with van der Waals surface area (Å²) < 4.78 is 0. The van der Waals surface area contributed by atoms with Crippen LogP contribution in [0.1, 0.15) is 65.2 Å². The molecule has 5 nitrogen and oxygen atoms in total. The minimum Gasteiger partial charge on any atom is -0.481 e. The zero-order valence-electron chi connectivity index (χ0n) is 15.3. The summed E-state index contributed by atoms with van der Waals surface area (Å²) in [7, 11) is 0. The third kappa shape index (κ3) is 2.30. The number of carboxylic acid groups (broad SMARTS) is 1. The van der Waals surface area contributed by atoms with Gasteiger partial charge in [0.2, 0.25) is 0 Å². The number of nitrogens with zero attached hydrogens (tertiary/aromatic N) is 1. The summed E-state index contributed by atoms with van der Waals surface area (Å²) in [5.74, 6) is 0.541. The molecule has 3 N–H and O–H groups in total. The number of aliphatic carboxylic acids is 1. The number of fused-ring (bicyclic) bond motifs is 5. The molecule has 0 saturated heterocycles. The van der Waals surface area contributed by atoms with E-state index in [9.17, 15) is 20.2 Å². The van der Waals surface area contributed by atoms with Crippen molar-refractivity contribution in [3.05, 3.63) is 0 Å². The SMILES string of the molecule is C[C@]12CCC(O)CC1CC[C@@H]1[C@H]2C(=NO)C[C@]2(C)C(C(=O)O)CC[C@@H]12. The van der Waals surface area contributed by atoms with Crippen molar-refractivity contribution in [2.24, 2.45) is 45.6 Å². The van der Waals surface area contributed by atoms with E-state index in [1.165, 1.54) is 0 Å². The van der Waals surface area contributed by atoms with Crippen molar-refractivity contribution < 1.29 is 20.2 Å². The van der Waals surface area contributed by atoms with Gasteiger partial charge in [0.05, 0.1) is 17.7 Å². The maximum Gasteiger partial charge on any atom is 0.307 e. The van der Waals surface area contributed by atoms with Crippen LogP contribution in [-0.4, -0.2) is 33.2 Å². The third-order valence-corrected chi connectivity index (χ3v) is 8.77. The van der Waals surface area contributed by atoms with Gasteiger partial charge in [-0.05, 0) is 80.0 Å². The summed E-state index contributed by atoms with van der Waals surface area (Å²) in [5, 5.41) is 33.4. The van der Waals surface area contributed by atoms with Gasteiger partial charge in [-0.15, -0.1) is 0 Å². The van der Waals surface area contributed by atoms with E-state index in [-0.39, 0.29) is 28.8 Å². The van der Waals surface area contributed by atoms with Crippen molar-refractivity contribution in [3.63, 3.8) is 0 Å². The number of carboxylic acids is 1. The zero-order valence-corrected chi connectivity index (χ0v) is 15.3. The van der Waals surface area contributed by atoms with Crippen LogP contribution in [0.3, 0.4) is 0 Å². The first kappa shape index (κ1) is 17.3. The second-order valence-electron chi connectivity index (χ2n) is 9.70. The molecule has 0 aliphatic heterocycles. The van der Waals surface area contributed by atoms with E-state index in [2.05, 4.69) is 19.0 Å². The van der Waals surface area contributed by atoms with Gasteiger partial charge in [-0.1, -0.05) is 19.0 Å². The zero-order chi connectivity index (χ0) is 18.0. The lowest BCUT2D eigenvalue weighted by Crippen LogP contribution is -2.58. The Hall–Kier alpha value is -1.10. The van der Waals surface area contributed by atoms with Crippen LogP contribution < -0.4 is 0 Å². The number of rotatable bonds is 1. The number of carbonyl (C=O) groups is 1. The molecule has 4 aliphatic carbocycles. The van der Waals surface area contributed by atoms with Gasteiger partial charge in [-0.3, -0.25) is 4.79 Å². The maximum absolute atomic E-state index is 11.8. The summed E-state index contributed by atoms with van der Waals surface area (Å²) in [6.07, 6.45) is 6.99. The predicted molar refractivity (Wildman–Crippen MR) is 93.5 cm³/mol. The number of hydrogen-bond acceptors (Lipinski definition) is 4. The number of oxime groups is 1. The Morgan fingerprint density at radius 3 is 2.56 bits per heavy atom. The fraction of sp³-hybridized carbons (Fsp3) is 0.900. The molecule has 3 unspecified atom stereocenters. The van der Waals surface area contributed by atoms with Crippen molar-refractivity contribution in [2.45, 2.75) is 71.3 Å². The summed E-state index contributed by atoms with van der Waals surface area (Å²) >= 11 is 0. The lowest BCUT2D eigenvalue weighted by atomic mass is 9.44. The Morgan fingerprint density at radius 2 is 1.88 bits per heavy atom. The number of hydrogen-bond donors (Lipinski definition) is 3. The molecular formula is C20H31NO4. The van der Waals surface area contributed by atoms with E-state index < -0.39 is 5.97 Å². The molecular weight excluding hydrogens is 318 g/mol. The van der Waals surface area contributed by atoms with Crippen molar-refractivity contribution in [1.82, 2.24) is 0 Å². The monoisotopic (exact) mass is 349 g/mol. The summed E-state index contributed by atoms with van der Waals surface area (Å²) in [6.45, 7) is 4.45. The standard InChI is InChI=1S/C20H31NO4/c1-19-8-7-12(22)9-11(19)3-4-13-14-5-6-15(18(23)24)20(14,2)10-16(21-25)17(13)19/h11-15,17,22,25H,3-10H2,1-2H3,(H,23,24)/t11?,12?,13-,14-,15?,17-,19-,20-/m0/s1. The average molecular weight is 349 g/mol. The highest BCUT2D eigenvalue weighted by Crippen LogP contribution is 2.66. The van der Waals surface area contributed by atoms with Crippen LogP contribution in [0.5, 0.6) is 0 Å². The summed E-state index contributed by atoms with van der Waals surface area (Å²) in [5.41, 5.74) is 0.624. The van der Waals surface area contributed by atoms with E-state index in [4.69, 9.17) is 0 Å². The quantitative estimate of drug-likeness (QED) is 0.499. The first-order valence-electron chi connectivity index (χ1n) is 9.93. The van der Waals surface area contributed by atoms with Gasteiger partial charge in [-0.2, -0.15) is 0 Å². The second kappa shape index (κ2) is 5.70. The number of aliphatic hydroxyl groups excluding tert-OH is 1. The van der Waals surface area contributed by atoms with Crippen LogP contribution in [0.25, 0.3) is 0 Å². The lowest BCUT2D eigenvalue weighted by molar-refractivity contribution is -0.147. The van der Waals surface area contributed by atoms with Gasteiger partial charge in [0.25, 0.3) is 0 Å². The Labute approximate surface area is 149 Å². The third-order valence-electron chi connectivity index (χ3n) is 8.77. The topological polar surface area (TPSA) is 90.1 Å². The minimum atomic E-state index is -0.693. The molecule has 0 amide bonds. The summed E-state index contributed by atoms with van der Waals surface area (Å²) in [6, 6.07) is 0. The molecule has 0 aromatic rings.